The van der Waals surface area contributed by atoms with E-state index in [1.807, 2.05) is 0 Å². The van der Waals surface area contributed by atoms with Crippen LogP contribution < -0.4 is 0 Å². The van der Waals surface area contributed by atoms with Crippen LogP contribution in [0.1, 0.15) is 20.8 Å². The first-order valence-corrected chi connectivity index (χ1v) is 5.26. The first-order valence-electron chi connectivity index (χ1n) is 4.10. The van der Waals surface area contributed by atoms with Gasteiger partial charge in [0.05, 0.1) is 0 Å². The molecule has 0 radical (unpaired) electrons. The van der Waals surface area contributed by atoms with Crippen molar-refractivity contribution in [1.82, 2.24) is 4.90 Å². The standard InChI is InChI=1S/C6H15N.CH4O.HO3P/c1-4-7(5-2)6-3;1-2;1-4(2)3/h4-6H2,1-3H3;2H,1H3;(H-,1,2,3)/p+1. The highest BCUT2D eigenvalue weighted by Gasteiger charge is 1.93. The van der Waals surface area contributed by atoms with Gasteiger partial charge in [-0.2, -0.15) is 0 Å². The van der Waals surface area contributed by atoms with E-state index in [0.717, 1.165) is 7.11 Å². The molecule has 0 unspecified atom stereocenters. The van der Waals surface area contributed by atoms with E-state index < -0.39 is 8.25 Å². The van der Waals surface area contributed by atoms with Gasteiger partial charge in [0.1, 0.15) is 0 Å². The third-order valence-electron chi connectivity index (χ3n) is 1.34. The SMILES string of the molecule is CCN(CC)CC.CO.O=[P+](O)O. The average molecular weight is 214 g/mol. The summed E-state index contributed by atoms with van der Waals surface area (Å²) in [6.45, 7) is 10.1. The predicted molar refractivity (Wildman–Crippen MR) is 53.6 cm³/mol. The van der Waals surface area contributed by atoms with Crippen LogP contribution in [-0.2, 0) is 4.57 Å². The maximum atomic E-state index is 8.70. The first kappa shape index (κ1) is 18.7. The first-order chi connectivity index (χ1) is 6.08. The normalized spacial score (nSPS) is 8.00. The molecule has 3 N–H and O–H groups in total. The Morgan fingerprint density at radius 3 is 1.15 bits per heavy atom. The fourth-order valence-electron chi connectivity index (χ4n) is 0.671. The molecule has 0 bridgehead atoms. The molecule has 0 heterocycles. The Morgan fingerprint density at radius 2 is 1.15 bits per heavy atom. The van der Waals surface area contributed by atoms with E-state index >= 15 is 0 Å². The van der Waals surface area contributed by atoms with E-state index in [0.29, 0.717) is 0 Å². The Bertz CT molecular complexity index is 89.0. The second-order valence-corrected chi connectivity index (χ2v) is 2.38. The zero-order chi connectivity index (χ0) is 11.3. The summed E-state index contributed by atoms with van der Waals surface area (Å²) >= 11 is 0. The summed E-state index contributed by atoms with van der Waals surface area (Å²) in [6.07, 6.45) is 0. The molecule has 0 aromatic heterocycles. The lowest BCUT2D eigenvalue weighted by atomic mass is 10.5. The Morgan fingerprint density at radius 1 is 1.00 bits per heavy atom. The third-order valence-corrected chi connectivity index (χ3v) is 1.34. The van der Waals surface area contributed by atoms with Crippen molar-refractivity contribution < 1.29 is 19.5 Å². The zero-order valence-electron chi connectivity index (χ0n) is 8.77. The highest BCUT2D eigenvalue weighted by molar-refractivity contribution is 7.30. The van der Waals surface area contributed by atoms with Crippen LogP contribution in [0.25, 0.3) is 0 Å². The van der Waals surface area contributed by atoms with Gasteiger partial charge in [-0.05, 0) is 19.6 Å². The number of hydrogen-bond donors (Lipinski definition) is 3. The van der Waals surface area contributed by atoms with Gasteiger partial charge in [-0.25, -0.2) is 0 Å². The molecule has 0 spiro atoms. The second kappa shape index (κ2) is 17.9. The number of rotatable bonds is 3. The Hall–Kier alpha value is -0.0600. The summed E-state index contributed by atoms with van der Waals surface area (Å²) in [5.41, 5.74) is 0. The summed E-state index contributed by atoms with van der Waals surface area (Å²) in [6, 6.07) is 0. The molecule has 0 saturated carbocycles. The lowest BCUT2D eigenvalue weighted by Gasteiger charge is -2.13. The number of hydrogen-bond acceptors (Lipinski definition) is 3. The Labute approximate surface area is 81.0 Å². The summed E-state index contributed by atoms with van der Waals surface area (Å²) in [7, 11) is -1.87. The van der Waals surface area contributed by atoms with Crippen LogP contribution >= 0.6 is 8.25 Å². The number of aliphatic hydroxyl groups excluding tert-OH is 1. The average Bonchev–Trinajstić information content (AvgIpc) is 2.10. The van der Waals surface area contributed by atoms with Crippen molar-refractivity contribution in [2.24, 2.45) is 0 Å². The predicted octanol–water partition coefficient (Wildman–Crippen LogP) is 0.585. The summed E-state index contributed by atoms with van der Waals surface area (Å²) in [4.78, 5) is 16.6. The van der Waals surface area contributed by atoms with E-state index in [2.05, 4.69) is 25.7 Å². The monoisotopic (exact) mass is 214 g/mol. The third kappa shape index (κ3) is 33.4. The molecule has 0 fully saturated rings. The van der Waals surface area contributed by atoms with Crippen molar-refractivity contribution in [1.29, 1.82) is 0 Å². The molecule has 6 heteroatoms. The molecule has 0 amide bonds. The van der Waals surface area contributed by atoms with Crippen molar-refractivity contribution in [3.63, 3.8) is 0 Å². The smallest absolute Gasteiger partial charge is 0.400 e. The van der Waals surface area contributed by atoms with E-state index in [-0.39, 0.29) is 0 Å². The van der Waals surface area contributed by atoms with Gasteiger partial charge in [0.2, 0.25) is 0 Å². The highest BCUT2D eigenvalue weighted by atomic mass is 31.1. The molecule has 0 aliphatic rings. The van der Waals surface area contributed by atoms with Crippen molar-refractivity contribution >= 4 is 8.25 Å². The van der Waals surface area contributed by atoms with Crippen LogP contribution in [0.4, 0.5) is 0 Å². The maximum absolute atomic E-state index is 8.70. The fraction of sp³-hybridized carbons (Fsp3) is 1.00. The molecule has 0 atom stereocenters. The fourth-order valence-corrected chi connectivity index (χ4v) is 0.671. The molecule has 5 nitrogen and oxygen atoms in total. The van der Waals surface area contributed by atoms with E-state index in [4.69, 9.17) is 19.5 Å². The molecule has 82 valence electrons. The largest absolute Gasteiger partial charge is 0.692 e. The molecule has 13 heavy (non-hydrogen) atoms. The van der Waals surface area contributed by atoms with Gasteiger partial charge in [0.25, 0.3) is 0 Å². The second-order valence-electron chi connectivity index (χ2n) is 1.87. The molecular formula is C7H21NO4P+. The van der Waals surface area contributed by atoms with Gasteiger partial charge in [0, 0.05) is 11.7 Å². The molecule has 0 saturated heterocycles. The van der Waals surface area contributed by atoms with Gasteiger partial charge in [-0.1, -0.05) is 20.8 Å². The van der Waals surface area contributed by atoms with Crippen LogP contribution in [0.2, 0.25) is 0 Å². The van der Waals surface area contributed by atoms with E-state index in [9.17, 15) is 0 Å². The minimum atomic E-state index is -2.87. The van der Waals surface area contributed by atoms with E-state index in [1.165, 1.54) is 19.6 Å². The molecule has 0 aliphatic carbocycles. The van der Waals surface area contributed by atoms with Gasteiger partial charge in [-0.15, -0.1) is 9.79 Å². The van der Waals surface area contributed by atoms with Gasteiger partial charge < -0.3 is 10.0 Å². The van der Waals surface area contributed by atoms with Gasteiger partial charge in [-0.3, -0.25) is 0 Å². The molecule has 0 aromatic rings. The molecule has 0 aromatic carbocycles. The minimum Gasteiger partial charge on any atom is -0.400 e. The van der Waals surface area contributed by atoms with Crippen LogP contribution in [0.15, 0.2) is 0 Å². The highest BCUT2D eigenvalue weighted by Crippen LogP contribution is 1.98. The summed E-state index contributed by atoms with van der Waals surface area (Å²) in [5.74, 6) is 0. The van der Waals surface area contributed by atoms with Gasteiger partial charge in [0.15, 0.2) is 0 Å². The van der Waals surface area contributed by atoms with Crippen LogP contribution in [0, 0.1) is 0 Å². The summed E-state index contributed by atoms with van der Waals surface area (Å²) < 4.78 is 8.70. The Balaban J connectivity index is -0.000000142. The van der Waals surface area contributed by atoms with E-state index in [1.54, 1.807) is 0 Å². The van der Waals surface area contributed by atoms with Crippen molar-refractivity contribution in [2.45, 2.75) is 20.8 Å². The lowest BCUT2D eigenvalue weighted by Crippen LogP contribution is -2.21. The van der Waals surface area contributed by atoms with Crippen molar-refractivity contribution in [3.05, 3.63) is 0 Å². The lowest BCUT2D eigenvalue weighted by molar-refractivity contribution is 0.321. The topological polar surface area (TPSA) is 81.0 Å². The minimum absolute atomic E-state index is 1.00. The molecular weight excluding hydrogens is 193 g/mol. The van der Waals surface area contributed by atoms with Crippen molar-refractivity contribution in [3.8, 4) is 0 Å². The molecule has 0 aliphatic heterocycles. The Kier molecular flexibility index (Phi) is 25.7. The van der Waals surface area contributed by atoms with Gasteiger partial charge >= 0.3 is 8.25 Å². The molecule has 0 rings (SSSR count). The summed E-state index contributed by atoms with van der Waals surface area (Å²) in [5, 5.41) is 7.00. The van der Waals surface area contributed by atoms with Crippen LogP contribution in [0.5, 0.6) is 0 Å². The van der Waals surface area contributed by atoms with Crippen molar-refractivity contribution in [2.75, 3.05) is 26.7 Å². The number of nitrogens with zero attached hydrogens (tertiary/aromatic N) is 1. The maximum Gasteiger partial charge on any atom is 0.692 e. The van der Waals surface area contributed by atoms with Crippen LogP contribution in [-0.4, -0.2) is 46.5 Å². The quantitative estimate of drug-likeness (QED) is 0.599. The number of aliphatic hydroxyl groups is 1. The zero-order valence-corrected chi connectivity index (χ0v) is 9.66. The van der Waals surface area contributed by atoms with Crippen LogP contribution in [0.3, 0.4) is 0 Å².